The summed E-state index contributed by atoms with van der Waals surface area (Å²) in [5, 5.41) is 0. The van der Waals surface area contributed by atoms with Crippen LogP contribution in [0.1, 0.15) is 12.0 Å². The second-order valence-electron chi connectivity index (χ2n) is 3.94. The summed E-state index contributed by atoms with van der Waals surface area (Å²) in [7, 11) is 0. The molecule has 0 spiro atoms. The first-order valence-electron chi connectivity index (χ1n) is 5.50. The van der Waals surface area contributed by atoms with Crippen LogP contribution >= 0.6 is 11.8 Å². The number of nitrogen functional groups attached to an aromatic ring is 1. The van der Waals surface area contributed by atoms with Crippen LogP contribution in [0, 0.1) is 0 Å². The summed E-state index contributed by atoms with van der Waals surface area (Å²) in [6.07, 6.45) is 1.30. The number of thioether (sulfide) groups is 1. The van der Waals surface area contributed by atoms with E-state index in [1.807, 2.05) is 12.1 Å². The van der Waals surface area contributed by atoms with Crippen LogP contribution in [-0.4, -0.2) is 29.5 Å². The van der Waals surface area contributed by atoms with Gasteiger partial charge in [-0.25, -0.2) is 0 Å². The van der Waals surface area contributed by atoms with Gasteiger partial charge in [0, 0.05) is 24.5 Å². The number of benzene rings is 1. The number of hydrogen-bond acceptors (Lipinski definition) is 3. The summed E-state index contributed by atoms with van der Waals surface area (Å²) in [6, 6.07) is 8.19. The van der Waals surface area contributed by atoms with E-state index in [0.717, 1.165) is 12.2 Å². The number of para-hydroxylation sites is 1. The summed E-state index contributed by atoms with van der Waals surface area (Å²) in [4.78, 5) is 2.51. The molecule has 1 aromatic rings. The first-order valence-corrected chi connectivity index (χ1v) is 6.65. The maximum Gasteiger partial charge on any atom is 0.0359 e. The maximum atomic E-state index is 5.94. The Balaban J connectivity index is 1.98. The number of rotatable bonds is 2. The van der Waals surface area contributed by atoms with Crippen molar-refractivity contribution in [3.63, 3.8) is 0 Å². The van der Waals surface area contributed by atoms with Gasteiger partial charge in [0.2, 0.25) is 0 Å². The molecule has 1 aromatic carbocycles. The van der Waals surface area contributed by atoms with Crippen LogP contribution in [0.15, 0.2) is 24.3 Å². The van der Waals surface area contributed by atoms with E-state index < -0.39 is 0 Å². The highest BCUT2D eigenvalue weighted by Gasteiger charge is 2.10. The molecule has 82 valence electrons. The van der Waals surface area contributed by atoms with Gasteiger partial charge in [-0.3, -0.25) is 4.90 Å². The third-order valence-electron chi connectivity index (χ3n) is 2.76. The van der Waals surface area contributed by atoms with E-state index in [9.17, 15) is 0 Å². The lowest BCUT2D eigenvalue weighted by atomic mass is 10.1. The van der Waals surface area contributed by atoms with Crippen LogP contribution in [-0.2, 0) is 6.54 Å². The quantitative estimate of drug-likeness (QED) is 0.778. The van der Waals surface area contributed by atoms with Crippen molar-refractivity contribution >= 4 is 17.4 Å². The molecule has 1 aliphatic rings. The first kappa shape index (κ1) is 10.8. The Morgan fingerprint density at radius 1 is 1.20 bits per heavy atom. The maximum absolute atomic E-state index is 5.94. The van der Waals surface area contributed by atoms with Crippen molar-refractivity contribution in [3.05, 3.63) is 29.8 Å². The van der Waals surface area contributed by atoms with Crippen LogP contribution in [0.3, 0.4) is 0 Å². The van der Waals surface area contributed by atoms with E-state index in [2.05, 4.69) is 28.8 Å². The number of hydrogen-bond donors (Lipinski definition) is 1. The first-order chi connectivity index (χ1) is 7.36. The topological polar surface area (TPSA) is 29.3 Å². The summed E-state index contributed by atoms with van der Waals surface area (Å²) in [6.45, 7) is 3.41. The van der Waals surface area contributed by atoms with Gasteiger partial charge in [0.1, 0.15) is 0 Å². The molecule has 0 unspecified atom stereocenters. The van der Waals surface area contributed by atoms with Crippen molar-refractivity contribution in [3.8, 4) is 0 Å². The van der Waals surface area contributed by atoms with Crippen LogP contribution < -0.4 is 5.73 Å². The molecule has 0 amide bonds. The molecule has 1 fully saturated rings. The molecule has 0 radical (unpaired) electrons. The van der Waals surface area contributed by atoms with Crippen molar-refractivity contribution in [1.82, 2.24) is 4.90 Å². The number of anilines is 1. The van der Waals surface area contributed by atoms with E-state index >= 15 is 0 Å². The van der Waals surface area contributed by atoms with Gasteiger partial charge in [0.05, 0.1) is 0 Å². The molecule has 2 nitrogen and oxygen atoms in total. The Morgan fingerprint density at radius 2 is 2.07 bits per heavy atom. The minimum Gasteiger partial charge on any atom is -0.398 e. The van der Waals surface area contributed by atoms with Crippen LogP contribution in [0.25, 0.3) is 0 Å². The smallest absolute Gasteiger partial charge is 0.0359 e. The standard InChI is InChI=1S/C12H18N2S/c13-12-5-2-1-4-11(12)10-14-6-3-8-15-9-7-14/h1-2,4-5H,3,6-10,13H2. The molecule has 0 aliphatic carbocycles. The summed E-state index contributed by atoms with van der Waals surface area (Å²) < 4.78 is 0. The highest BCUT2D eigenvalue weighted by molar-refractivity contribution is 7.99. The van der Waals surface area contributed by atoms with E-state index in [1.54, 1.807) is 0 Å². The van der Waals surface area contributed by atoms with E-state index in [-0.39, 0.29) is 0 Å². The average Bonchev–Trinajstić information content (AvgIpc) is 2.50. The second kappa shape index (κ2) is 5.42. The average molecular weight is 222 g/mol. The predicted octanol–water partition coefficient (Wildman–Crippen LogP) is 2.21. The number of nitrogens with two attached hydrogens (primary N) is 1. The molecule has 0 atom stereocenters. The zero-order valence-corrected chi connectivity index (χ0v) is 9.80. The summed E-state index contributed by atoms with van der Waals surface area (Å²) in [5.74, 6) is 2.56. The van der Waals surface area contributed by atoms with E-state index in [0.29, 0.717) is 0 Å². The molecule has 1 heterocycles. The van der Waals surface area contributed by atoms with Gasteiger partial charge in [-0.2, -0.15) is 11.8 Å². The lowest BCUT2D eigenvalue weighted by Crippen LogP contribution is -2.25. The number of nitrogens with zero attached hydrogens (tertiary/aromatic N) is 1. The highest BCUT2D eigenvalue weighted by atomic mass is 32.2. The third kappa shape index (κ3) is 3.14. The molecule has 2 N–H and O–H groups in total. The fraction of sp³-hybridized carbons (Fsp3) is 0.500. The molecular weight excluding hydrogens is 204 g/mol. The molecule has 2 rings (SSSR count). The van der Waals surface area contributed by atoms with Gasteiger partial charge in [0.15, 0.2) is 0 Å². The zero-order valence-electron chi connectivity index (χ0n) is 8.98. The van der Waals surface area contributed by atoms with Crippen LogP contribution in [0.4, 0.5) is 5.69 Å². The molecule has 0 saturated carbocycles. The Bertz CT molecular complexity index is 306. The molecule has 3 heteroatoms. The SMILES string of the molecule is Nc1ccccc1CN1CCCSCC1. The lowest BCUT2D eigenvalue weighted by Gasteiger charge is -2.20. The Hall–Kier alpha value is -0.670. The van der Waals surface area contributed by atoms with E-state index in [1.165, 1.54) is 36.6 Å². The van der Waals surface area contributed by atoms with Crippen LogP contribution in [0.5, 0.6) is 0 Å². The van der Waals surface area contributed by atoms with Gasteiger partial charge >= 0.3 is 0 Å². The molecule has 0 bridgehead atoms. The van der Waals surface area contributed by atoms with Crippen molar-refractivity contribution in [2.24, 2.45) is 0 Å². The van der Waals surface area contributed by atoms with Gasteiger partial charge in [-0.15, -0.1) is 0 Å². The van der Waals surface area contributed by atoms with Crippen molar-refractivity contribution in [2.75, 3.05) is 30.3 Å². The monoisotopic (exact) mass is 222 g/mol. The summed E-state index contributed by atoms with van der Waals surface area (Å²) >= 11 is 2.06. The zero-order chi connectivity index (χ0) is 10.5. The lowest BCUT2D eigenvalue weighted by molar-refractivity contribution is 0.288. The van der Waals surface area contributed by atoms with Crippen LogP contribution in [0.2, 0.25) is 0 Å². The summed E-state index contributed by atoms with van der Waals surface area (Å²) in [5.41, 5.74) is 8.14. The Morgan fingerprint density at radius 3 is 2.93 bits per heavy atom. The van der Waals surface area contributed by atoms with Gasteiger partial charge in [-0.05, 0) is 30.3 Å². The van der Waals surface area contributed by atoms with E-state index in [4.69, 9.17) is 5.73 Å². The predicted molar refractivity (Wildman–Crippen MR) is 68.1 cm³/mol. The fourth-order valence-corrected chi connectivity index (χ4v) is 2.80. The minimum absolute atomic E-state index is 0.925. The van der Waals surface area contributed by atoms with Gasteiger partial charge in [0.25, 0.3) is 0 Å². The van der Waals surface area contributed by atoms with Crippen molar-refractivity contribution < 1.29 is 0 Å². The molecule has 1 aliphatic heterocycles. The second-order valence-corrected chi connectivity index (χ2v) is 5.17. The van der Waals surface area contributed by atoms with Gasteiger partial charge in [-0.1, -0.05) is 18.2 Å². The molecule has 15 heavy (non-hydrogen) atoms. The fourth-order valence-electron chi connectivity index (χ4n) is 1.87. The third-order valence-corrected chi connectivity index (χ3v) is 3.81. The largest absolute Gasteiger partial charge is 0.398 e. The van der Waals surface area contributed by atoms with Crippen molar-refractivity contribution in [2.45, 2.75) is 13.0 Å². The highest BCUT2D eigenvalue weighted by Crippen LogP contribution is 2.16. The molecule has 1 saturated heterocycles. The van der Waals surface area contributed by atoms with Gasteiger partial charge < -0.3 is 5.73 Å². The van der Waals surface area contributed by atoms with Crippen molar-refractivity contribution in [1.29, 1.82) is 0 Å². The Kier molecular flexibility index (Phi) is 3.92. The Labute approximate surface area is 95.8 Å². The molecule has 0 aromatic heterocycles. The minimum atomic E-state index is 0.925. The molecular formula is C12H18N2S. The normalized spacial score (nSPS) is 18.7.